The summed E-state index contributed by atoms with van der Waals surface area (Å²) in [5, 5.41) is 5.02. The molecule has 0 fully saturated rings. The van der Waals surface area contributed by atoms with Gasteiger partial charge in [0, 0.05) is 0 Å². The lowest BCUT2D eigenvalue weighted by atomic mass is 10.2. The minimum atomic E-state index is 0.494. The van der Waals surface area contributed by atoms with E-state index in [1.807, 2.05) is 19.1 Å². The summed E-state index contributed by atoms with van der Waals surface area (Å²) in [6.45, 7) is 2.93. The Morgan fingerprint density at radius 2 is 2.06 bits per heavy atom. The Morgan fingerprint density at radius 3 is 2.71 bits per heavy atom. The number of hydrogen-bond donors (Lipinski definition) is 0. The minimum Gasteiger partial charge on any atom is -0.371 e. The highest BCUT2D eigenvalue weighted by atomic mass is 35.5. The summed E-state index contributed by atoms with van der Waals surface area (Å²) in [5.41, 5.74) is 1.92. The van der Waals surface area contributed by atoms with Crippen LogP contribution in [0.1, 0.15) is 16.1 Å². The van der Waals surface area contributed by atoms with Crippen molar-refractivity contribution in [2.75, 3.05) is 0 Å². The fourth-order valence-corrected chi connectivity index (χ4v) is 2.17. The van der Waals surface area contributed by atoms with E-state index in [-0.39, 0.29) is 0 Å². The Bertz CT molecular complexity index is 516. The molecular weight excluding hydrogens is 279 g/mol. The van der Waals surface area contributed by atoms with E-state index < -0.39 is 0 Å². The zero-order chi connectivity index (χ0) is 12.3. The van der Waals surface area contributed by atoms with Crippen LogP contribution in [0.2, 0.25) is 10.0 Å². The van der Waals surface area contributed by atoms with Crippen LogP contribution in [0.5, 0.6) is 0 Å². The predicted molar refractivity (Wildman–Crippen MR) is 69.6 cm³/mol. The van der Waals surface area contributed by atoms with Gasteiger partial charge in [-0.3, -0.25) is 0 Å². The molecule has 0 aliphatic heterocycles. The van der Waals surface area contributed by atoms with Crippen LogP contribution in [0.3, 0.4) is 0 Å². The summed E-state index contributed by atoms with van der Waals surface area (Å²) in [6, 6.07) is 5.47. The predicted octanol–water partition coefficient (Wildman–Crippen LogP) is 3.87. The molecule has 0 N–H and O–H groups in total. The Balaban J connectivity index is 1.90. The van der Waals surface area contributed by atoms with Crippen molar-refractivity contribution in [1.82, 2.24) is 9.59 Å². The quantitative estimate of drug-likeness (QED) is 0.857. The van der Waals surface area contributed by atoms with Gasteiger partial charge >= 0.3 is 0 Å². The van der Waals surface area contributed by atoms with E-state index in [4.69, 9.17) is 27.9 Å². The first-order chi connectivity index (χ1) is 8.16. The standard InChI is InChI=1S/C11H10Cl2N2OS/c1-7-11(17-15-14-7)6-16-5-8-2-3-9(12)10(13)4-8/h2-4H,5-6H2,1H3. The van der Waals surface area contributed by atoms with E-state index in [1.165, 1.54) is 11.5 Å². The molecule has 1 aromatic heterocycles. The van der Waals surface area contributed by atoms with Crippen LogP contribution >= 0.6 is 34.7 Å². The molecule has 90 valence electrons. The normalized spacial score (nSPS) is 10.8. The largest absolute Gasteiger partial charge is 0.371 e. The molecule has 3 nitrogen and oxygen atoms in total. The molecule has 0 saturated carbocycles. The summed E-state index contributed by atoms with van der Waals surface area (Å²) in [5.74, 6) is 0. The number of halogens is 2. The number of ether oxygens (including phenoxy) is 1. The van der Waals surface area contributed by atoms with Crippen LogP contribution in [0.25, 0.3) is 0 Å². The van der Waals surface area contributed by atoms with E-state index in [0.29, 0.717) is 23.3 Å². The molecule has 1 aromatic carbocycles. The maximum absolute atomic E-state index is 5.91. The Hall–Kier alpha value is -0.680. The Morgan fingerprint density at radius 1 is 1.24 bits per heavy atom. The van der Waals surface area contributed by atoms with Crippen molar-refractivity contribution < 1.29 is 4.74 Å². The molecule has 0 radical (unpaired) electrons. The van der Waals surface area contributed by atoms with Gasteiger partial charge in [0.05, 0.1) is 33.8 Å². The molecular formula is C11H10Cl2N2OS. The molecule has 0 unspecified atom stereocenters. The molecule has 2 aromatic rings. The van der Waals surface area contributed by atoms with Gasteiger partial charge in [0.1, 0.15) is 0 Å². The highest BCUT2D eigenvalue weighted by Gasteiger charge is 2.04. The van der Waals surface area contributed by atoms with E-state index in [9.17, 15) is 0 Å². The van der Waals surface area contributed by atoms with E-state index in [2.05, 4.69) is 9.59 Å². The Kier molecular flexibility index (Phi) is 4.34. The van der Waals surface area contributed by atoms with Crippen molar-refractivity contribution in [3.8, 4) is 0 Å². The van der Waals surface area contributed by atoms with Gasteiger partial charge in [0.15, 0.2) is 0 Å². The lowest BCUT2D eigenvalue weighted by Crippen LogP contribution is -1.94. The second kappa shape index (κ2) is 5.78. The highest BCUT2D eigenvalue weighted by molar-refractivity contribution is 7.05. The van der Waals surface area contributed by atoms with E-state index in [1.54, 1.807) is 6.07 Å². The Labute approximate surface area is 113 Å². The summed E-state index contributed by atoms with van der Waals surface area (Å²) in [4.78, 5) is 1.05. The second-order valence-corrected chi connectivity index (χ2v) is 5.18. The first-order valence-corrected chi connectivity index (χ1v) is 6.49. The second-order valence-electron chi connectivity index (χ2n) is 3.52. The molecule has 0 amide bonds. The van der Waals surface area contributed by atoms with Crippen LogP contribution in [-0.2, 0) is 18.0 Å². The first-order valence-electron chi connectivity index (χ1n) is 4.96. The van der Waals surface area contributed by atoms with Crippen molar-refractivity contribution >= 4 is 34.7 Å². The van der Waals surface area contributed by atoms with Gasteiger partial charge in [0.25, 0.3) is 0 Å². The van der Waals surface area contributed by atoms with Gasteiger partial charge in [-0.05, 0) is 36.2 Å². The average Bonchev–Trinajstić information content (AvgIpc) is 2.70. The number of hydrogen-bond acceptors (Lipinski definition) is 4. The molecule has 0 aliphatic carbocycles. The SMILES string of the molecule is Cc1nnsc1COCc1ccc(Cl)c(Cl)c1. The van der Waals surface area contributed by atoms with Gasteiger partial charge in [-0.1, -0.05) is 33.8 Å². The fourth-order valence-electron chi connectivity index (χ4n) is 1.27. The summed E-state index contributed by atoms with van der Waals surface area (Å²) in [6.07, 6.45) is 0. The number of aromatic nitrogens is 2. The monoisotopic (exact) mass is 288 g/mol. The average molecular weight is 289 g/mol. The van der Waals surface area contributed by atoms with Crippen molar-refractivity contribution in [2.45, 2.75) is 20.1 Å². The third-order valence-electron chi connectivity index (χ3n) is 2.23. The van der Waals surface area contributed by atoms with Crippen molar-refractivity contribution in [1.29, 1.82) is 0 Å². The van der Waals surface area contributed by atoms with Crippen LogP contribution in [0.15, 0.2) is 18.2 Å². The van der Waals surface area contributed by atoms with E-state index in [0.717, 1.165) is 16.1 Å². The van der Waals surface area contributed by atoms with Crippen molar-refractivity contribution in [2.24, 2.45) is 0 Å². The number of aryl methyl sites for hydroxylation is 1. The lowest BCUT2D eigenvalue weighted by Gasteiger charge is -2.04. The van der Waals surface area contributed by atoms with Crippen LogP contribution in [-0.4, -0.2) is 9.59 Å². The van der Waals surface area contributed by atoms with Gasteiger partial charge in [-0.25, -0.2) is 0 Å². The molecule has 1 heterocycles. The molecule has 0 aliphatic rings. The third-order valence-corrected chi connectivity index (χ3v) is 3.77. The third kappa shape index (κ3) is 3.39. The summed E-state index contributed by atoms with van der Waals surface area (Å²) in [7, 11) is 0. The smallest absolute Gasteiger partial charge is 0.0848 e. The molecule has 0 saturated heterocycles. The van der Waals surface area contributed by atoms with Crippen LogP contribution in [0, 0.1) is 6.92 Å². The maximum atomic E-state index is 5.91. The fraction of sp³-hybridized carbons (Fsp3) is 0.273. The van der Waals surface area contributed by atoms with Crippen molar-refractivity contribution in [3.05, 3.63) is 44.4 Å². The molecule has 0 atom stereocenters. The van der Waals surface area contributed by atoms with Gasteiger partial charge < -0.3 is 4.74 Å². The number of benzene rings is 1. The molecule has 0 bridgehead atoms. The van der Waals surface area contributed by atoms with Gasteiger partial charge in [0.2, 0.25) is 0 Å². The zero-order valence-corrected chi connectivity index (χ0v) is 11.4. The van der Waals surface area contributed by atoms with Gasteiger partial charge in [-0.2, -0.15) is 0 Å². The summed E-state index contributed by atoms with van der Waals surface area (Å²) >= 11 is 13.1. The maximum Gasteiger partial charge on any atom is 0.0848 e. The van der Waals surface area contributed by atoms with E-state index >= 15 is 0 Å². The summed E-state index contributed by atoms with van der Waals surface area (Å²) < 4.78 is 9.41. The number of rotatable bonds is 4. The minimum absolute atomic E-state index is 0.494. The number of nitrogens with zero attached hydrogens (tertiary/aromatic N) is 2. The molecule has 0 spiro atoms. The van der Waals surface area contributed by atoms with Gasteiger partial charge in [-0.15, -0.1) is 5.10 Å². The van der Waals surface area contributed by atoms with Crippen LogP contribution in [0.4, 0.5) is 0 Å². The highest BCUT2D eigenvalue weighted by Crippen LogP contribution is 2.23. The molecule has 17 heavy (non-hydrogen) atoms. The lowest BCUT2D eigenvalue weighted by molar-refractivity contribution is 0.109. The first kappa shape index (κ1) is 12.8. The topological polar surface area (TPSA) is 35.0 Å². The molecule has 2 rings (SSSR count). The van der Waals surface area contributed by atoms with Crippen LogP contribution < -0.4 is 0 Å². The van der Waals surface area contributed by atoms with Crippen molar-refractivity contribution in [3.63, 3.8) is 0 Å². The molecule has 6 heteroatoms. The zero-order valence-electron chi connectivity index (χ0n) is 9.11.